The predicted molar refractivity (Wildman–Crippen MR) is 146 cm³/mol. The summed E-state index contributed by atoms with van der Waals surface area (Å²) >= 11 is 0. The number of carbonyl (C=O) groups excluding carboxylic acids is 1. The molecule has 2 heterocycles. The third-order valence-electron chi connectivity index (χ3n) is 6.15. The van der Waals surface area contributed by atoms with Gasteiger partial charge in [-0.3, -0.25) is 4.79 Å². The molecule has 4 rings (SSSR count). The van der Waals surface area contributed by atoms with Crippen molar-refractivity contribution in [3.05, 3.63) is 99.3 Å². The minimum atomic E-state index is -0.936. The topological polar surface area (TPSA) is 106 Å². The molecule has 8 heteroatoms. The molecule has 2 aromatic heterocycles. The molecular formula is C29H27N3O5. The maximum Gasteiger partial charge on any atom is 0.349 e. The monoisotopic (exact) mass is 497 g/mol. The fourth-order valence-electron chi connectivity index (χ4n) is 4.29. The number of hydrogen-bond acceptors (Lipinski definition) is 7. The SMILES string of the molecule is C=C/C=C\C=C(/Cc1c(-c2nc3cc(C)ccc3o2)c(=O)oc2cc(N(CC)CC)ccc12)C(=O)N=O. The first-order chi connectivity index (χ1) is 17.9. The van der Waals surface area contributed by atoms with Crippen molar-refractivity contribution in [1.82, 2.24) is 4.98 Å². The van der Waals surface area contributed by atoms with Crippen LogP contribution in [-0.2, 0) is 11.2 Å². The molecule has 188 valence electrons. The lowest BCUT2D eigenvalue weighted by Crippen LogP contribution is -2.21. The smallest absolute Gasteiger partial charge is 0.349 e. The molecule has 0 aliphatic carbocycles. The summed E-state index contributed by atoms with van der Waals surface area (Å²) < 4.78 is 11.7. The van der Waals surface area contributed by atoms with E-state index >= 15 is 0 Å². The second kappa shape index (κ2) is 11.0. The van der Waals surface area contributed by atoms with E-state index in [4.69, 9.17) is 8.83 Å². The number of hydrogen-bond donors (Lipinski definition) is 0. The lowest BCUT2D eigenvalue weighted by Gasteiger charge is -2.21. The van der Waals surface area contributed by atoms with Gasteiger partial charge in [-0.2, -0.15) is 0 Å². The Kier molecular flexibility index (Phi) is 7.57. The van der Waals surface area contributed by atoms with Gasteiger partial charge in [0.05, 0.1) is 0 Å². The third-order valence-corrected chi connectivity index (χ3v) is 6.15. The summed E-state index contributed by atoms with van der Waals surface area (Å²) in [5.41, 5.74) is 3.33. The van der Waals surface area contributed by atoms with E-state index in [0.717, 1.165) is 24.3 Å². The largest absolute Gasteiger partial charge is 0.436 e. The van der Waals surface area contributed by atoms with Gasteiger partial charge >= 0.3 is 11.5 Å². The summed E-state index contributed by atoms with van der Waals surface area (Å²) in [5.74, 6) is -0.861. The van der Waals surface area contributed by atoms with Gasteiger partial charge in [0.15, 0.2) is 5.58 Å². The van der Waals surface area contributed by atoms with E-state index in [2.05, 4.69) is 21.6 Å². The molecule has 0 N–H and O–H groups in total. The number of carbonyl (C=O) groups is 1. The number of fused-ring (bicyclic) bond motifs is 2. The van der Waals surface area contributed by atoms with Crippen LogP contribution in [0.2, 0.25) is 0 Å². The fraction of sp³-hybridized carbons (Fsp3) is 0.207. The average molecular weight is 498 g/mol. The average Bonchev–Trinajstić information content (AvgIpc) is 3.30. The molecule has 0 saturated heterocycles. The van der Waals surface area contributed by atoms with E-state index in [1.54, 1.807) is 30.4 Å². The van der Waals surface area contributed by atoms with Crippen molar-refractivity contribution in [3.8, 4) is 11.5 Å². The Hall–Kier alpha value is -4.59. The number of benzene rings is 2. The Bertz CT molecular complexity index is 1620. The zero-order valence-corrected chi connectivity index (χ0v) is 21.0. The second-order valence-electron chi connectivity index (χ2n) is 8.47. The highest BCUT2D eigenvalue weighted by Crippen LogP contribution is 2.33. The first kappa shape index (κ1) is 25.5. The number of rotatable bonds is 9. The number of amides is 1. The molecule has 2 aromatic carbocycles. The van der Waals surface area contributed by atoms with Gasteiger partial charge < -0.3 is 13.7 Å². The molecule has 0 aliphatic heterocycles. The van der Waals surface area contributed by atoms with Crippen LogP contribution < -0.4 is 10.5 Å². The van der Waals surface area contributed by atoms with Gasteiger partial charge in [-0.15, -0.1) is 4.91 Å². The lowest BCUT2D eigenvalue weighted by atomic mass is 9.96. The highest BCUT2D eigenvalue weighted by molar-refractivity contribution is 5.97. The van der Waals surface area contributed by atoms with Crippen LogP contribution in [0.25, 0.3) is 33.5 Å². The summed E-state index contributed by atoms with van der Waals surface area (Å²) in [6, 6.07) is 11.1. The Morgan fingerprint density at radius 1 is 1.08 bits per heavy atom. The molecule has 1 amide bonds. The maximum absolute atomic E-state index is 13.4. The third kappa shape index (κ3) is 5.18. The summed E-state index contributed by atoms with van der Waals surface area (Å²) in [6.45, 7) is 11.2. The van der Waals surface area contributed by atoms with E-state index < -0.39 is 11.5 Å². The number of allylic oxidation sites excluding steroid dienone is 4. The standard InChI is InChI=1S/C29H27N3O5/c1-5-8-9-10-19(27(33)31-35)16-22-21-13-12-20(32(6-2)7-3)17-25(21)37-29(34)26(22)28-30-23-15-18(4)11-14-24(23)36-28/h5,8-15,17H,1,6-7,16H2,2-4H3/b9-8-,19-10+. The van der Waals surface area contributed by atoms with Crippen LogP contribution in [0.1, 0.15) is 25.0 Å². The quantitative estimate of drug-likeness (QED) is 0.116. The lowest BCUT2D eigenvalue weighted by molar-refractivity contribution is -0.114. The van der Waals surface area contributed by atoms with Gasteiger partial charge in [-0.1, -0.05) is 36.9 Å². The normalized spacial score (nSPS) is 11.9. The molecule has 0 bridgehead atoms. The van der Waals surface area contributed by atoms with Crippen molar-refractivity contribution < 1.29 is 13.6 Å². The van der Waals surface area contributed by atoms with Crippen molar-refractivity contribution in [2.75, 3.05) is 18.0 Å². The van der Waals surface area contributed by atoms with E-state index in [-0.39, 0.29) is 23.4 Å². The Balaban J connectivity index is 2.00. The predicted octanol–water partition coefficient (Wildman–Crippen LogP) is 6.26. The molecule has 0 atom stereocenters. The van der Waals surface area contributed by atoms with Crippen LogP contribution >= 0.6 is 0 Å². The van der Waals surface area contributed by atoms with E-state index in [1.165, 1.54) is 6.08 Å². The summed E-state index contributed by atoms with van der Waals surface area (Å²) in [4.78, 5) is 43.7. The molecule has 0 saturated carbocycles. The minimum Gasteiger partial charge on any atom is -0.436 e. The number of nitroso groups, excluding NO2 is 1. The molecule has 4 aromatic rings. The Morgan fingerprint density at radius 3 is 2.57 bits per heavy atom. The summed E-state index contributed by atoms with van der Waals surface area (Å²) in [6.07, 6.45) is 6.16. The molecule has 8 nitrogen and oxygen atoms in total. The molecule has 0 radical (unpaired) electrons. The van der Waals surface area contributed by atoms with Crippen molar-refractivity contribution in [2.45, 2.75) is 27.2 Å². The van der Waals surface area contributed by atoms with Crippen molar-refractivity contribution >= 4 is 33.7 Å². The number of nitrogens with zero attached hydrogens (tertiary/aromatic N) is 3. The fourth-order valence-corrected chi connectivity index (χ4v) is 4.29. The number of anilines is 1. The van der Waals surface area contributed by atoms with Crippen molar-refractivity contribution in [3.63, 3.8) is 0 Å². The van der Waals surface area contributed by atoms with Crippen LogP contribution in [0, 0.1) is 11.8 Å². The molecule has 0 fully saturated rings. The van der Waals surface area contributed by atoms with Crippen molar-refractivity contribution in [2.24, 2.45) is 5.18 Å². The molecule has 0 unspecified atom stereocenters. The Morgan fingerprint density at radius 2 is 1.86 bits per heavy atom. The van der Waals surface area contributed by atoms with Gasteiger partial charge in [0.25, 0.3) is 0 Å². The van der Waals surface area contributed by atoms with E-state index in [9.17, 15) is 14.5 Å². The number of aromatic nitrogens is 1. The van der Waals surface area contributed by atoms with E-state index in [0.29, 0.717) is 27.6 Å². The first-order valence-corrected chi connectivity index (χ1v) is 12.0. The molecule has 0 spiro atoms. The van der Waals surface area contributed by atoms with Crippen LogP contribution in [0.5, 0.6) is 0 Å². The Labute approximate surface area is 213 Å². The van der Waals surface area contributed by atoms with E-state index in [1.807, 2.05) is 45.0 Å². The van der Waals surface area contributed by atoms with Crippen LogP contribution in [0.3, 0.4) is 0 Å². The van der Waals surface area contributed by atoms with Crippen molar-refractivity contribution in [1.29, 1.82) is 0 Å². The van der Waals surface area contributed by atoms with Crippen LogP contribution in [0.4, 0.5) is 5.69 Å². The second-order valence-corrected chi connectivity index (χ2v) is 8.47. The summed E-state index contributed by atoms with van der Waals surface area (Å²) in [5, 5.41) is 3.21. The van der Waals surface area contributed by atoms with Crippen LogP contribution in [0.15, 0.2) is 91.7 Å². The number of aryl methyl sites for hydroxylation is 1. The highest BCUT2D eigenvalue weighted by atomic mass is 16.4. The van der Waals surface area contributed by atoms with Gasteiger partial charge in [0, 0.05) is 47.4 Å². The van der Waals surface area contributed by atoms with Gasteiger partial charge in [-0.05, 0) is 56.2 Å². The zero-order valence-electron chi connectivity index (χ0n) is 21.0. The summed E-state index contributed by atoms with van der Waals surface area (Å²) in [7, 11) is 0. The van der Waals surface area contributed by atoms with Gasteiger partial charge in [0.2, 0.25) is 5.89 Å². The van der Waals surface area contributed by atoms with Gasteiger partial charge in [0.1, 0.15) is 16.7 Å². The molecule has 0 aliphatic rings. The molecular weight excluding hydrogens is 470 g/mol. The van der Waals surface area contributed by atoms with Gasteiger partial charge in [-0.25, -0.2) is 9.78 Å². The maximum atomic E-state index is 13.4. The number of oxazole rings is 1. The zero-order chi connectivity index (χ0) is 26.5. The minimum absolute atomic E-state index is 0.0636. The highest BCUT2D eigenvalue weighted by Gasteiger charge is 2.24. The molecule has 37 heavy (non-hydrogen) atoms. The van der Waals surface area contributed by atoms with Crippen LogP contribution in [-0.4, -0.2) is 24.0 Å². The first-order valence-electron chi connectivity index (χ1n) is 12.0.